The molecule has 1 rings (SSSR count). The van der Waals surface area contributed by atoms with Crippen LogP contribution in [-0.2, 0) is 10.2 Å². The van der Waals surface area contributed by atoms with Crippen LogP contribution in [-0.4, -0.2) is 74.4 Å². The summed E-state index contributed by atoms with van der Waals surface area (Å²) < 4.78 is 26.9. The molecular formula is C12H26N4O3S2. The molecule has 0 unspecified atom stereocenters. The van der Waals surface area contributed by atoms with Crippen molar-refractivity contribution in [2.24, 2.45) is 0 Å². The van der Waals surface area contributed by atoms with Crippen molar-refractivity contribution in [3.8, 4) is 0 Å². The van der Waals surface area contributed by atoms with Gasteiger partial charge < -0.3 is 10.2 Å². The Hall–Kier alpha value is -0.510. The minimum Gasteiger partial charge on any atom is -0.336 e. The highest BCUT2D eigenvalue weighted by atomic mass is 32.2. The van der Waals surface area contributed by atoms with Gasteiger partial charge >= 0.3 is 6.03 Å². The van der Waals surface area contributed by atoms with Crippen molar-refractivity contribution < 1.29 is 13.2 Å². The molecule has 1 fully saturated rings. The zero-order chi connectivity index (χ0) is 15.9. The predicted molar refractivity (Wildman–Crippen MR) is 86.7 cm³/mol. The number of hydrogen-bond acceptors (Lipinski definition) is 4. The van der Waals surface area contributed by atoms with E-state index in [1.165, 1.54) is 11.4 Å². The lowest BCUT2D eigenvalue weighted by Crippen LogP contribution is -2.55. The summed E-state index contributed by atoms with van der Waals surface area (Å²) in [5.41, 5.74) is 0. The number of piperazine rings is 1. The number of thioether (sulfide) groups is 1. The maximum atomic E-state index is 12.1. The van der Waals surface area contributed by atoms with Gasteiger partial charge in [-0.3, -0.25) is 0 Å². The van der Waals surface area contributed by atoms with Crippen molar-refractivity contribution in [3.63, 3.8) is 0 Å². The van der Waals surface area contributed by atoms with Crippen molar-refractivity contribution in [3.05, 3.63) is 0 Å². The second-order valence-corrected chi connectivity index (χ2v) is 8.20. The van der Waals surface area contributed by atoms with Gasteiger partial charge in [0.15, 0.2) is 0 Å². The van der Waals surface area contributed by atoms with Crippen LogP contribution < -0.4 is 10.0 Å². The van der Waals surface area contributed by atoms with Gasteiger partial charge in [-0.05, 0) is 24.9 Å². The summed E-state index contributed by atoms with van der Waals surface area (Å²) in [6, 6.07) is 0.0288. The van der Waals surface area contributed by atoms with E-state index in [9.17, 15) is 13.2 Å². The first-order chi connectivity index (χ1) is 9.90. The molecule has 0 radical (unpaired) electrons. The Bertz CT molecular complexity index is 422. The molecule has 1 atom stereocenters. The Morgan fingerprint density at radius 3 is 2.43 bits per heavy atom. The number of nitrogens with one attached hydrogen (secondary N) is 2. The van der Waals surface area contributed by atoms with Crippen molar-refractivity contribution in [2.45, 2.75) is 26.3 Å². The molecule has 0 spiro atoms. The zero-order valence-corrected chi connectivity index (χ0v) is 14.6. The van der Waals surface area contributed by atoms with E-state index in [2.05, 4.69) is 17.0 Å². The van der Waals surface area contributed by atoms with Crippen LogP contribution in [0.25, 0.3) is 0 Å². The third-order valence-corrected chi connectivity index (χ3v) is 5.89. The van der Waals surface area contributed by atoms with Crippen molar-refractivity contribution >= 4 is 28.0 Å². The standard InChI is InChI=1S/C12H26N4O3S2/c1-4-20-10-5-11(2)14-12(17)15-6-8-16(9-7-15)21(18,19)13-3/h11,13H,4-10H2,1-3H3,(H,14,17)/t11-/m1/s1. The van der Waals surface area contributed by atoms with Gasteiger partial charge in [0.05, 0.1) is 0 Å². The van der Waals surface area contributed by atoms with E-state index >= 15 is 0 Å². The number of nitrogens with zero attached hydrogens (tertiary/aromatic N) is 2. The molecule has 0 bridgehead atoms. The lowest BCUT2D eigenvalue weighted by molar-refractivity contribution is 0.169. The SMILES string of the molecule is CCSCC[C@@H](C)NC(=O)N1CCN(S(=O)(=O)NC)CC1. The second kappa shape index (κ2) is 8.82. The molecule has 2 amide bonds. The fourth-order valence-corrected chi connectivity index (χ4v) is 3.75. The molecule has 124 valence electrons. The van der Waals surface area contributed by atoms with E-state index in [1.807, 2.05) is 18.7 Å². The Morgan fingerprint density at radius 2 is 1.90 bits per heavy atom. The summed E-state index contributed by atoms with van der Waals surface area (Å²) in [5, 5.41) is 2.97. The normalized spacial score (nSPS) is 18.5. The minimum absolute atomic E-state index is 0.106. The average Bonchev–Trinajstić information content (AvgIpc) is 2.47. The van der Waals surface area contributed by atoms with E-state index in [0.717, 1.165) is 17.9 Å². The zero-order valence-electron chi connectivity index (χ0n) is 13.0. The highest BCUT2D eigenvalue weighted by Crippen LogP contribution is 2.07. The van der Waals surface area contributed by atoms with E-state index in [1.54, 1.807) is 4.90 Å². The molecule has 0 aliphatic carbocycles. The minimum atomic E-state index is -3.39. The molecule has 1 aliphatic heterocycles. The molecule has 1 saturated heterocycles. The quantitative estimate of drug-likeness (QED) is 0.655. The maximum absolute atomic E-state index is 12.1. The van der Waals surface area contributed by atoms with Gasteiger partial charge in [0.1, 0.15) is 0 Å². The van der Waals surface area contributed by atoms with Gasteiger partial charge in [-0.25, -0.2) is 9.52 Å². The van der Waals surface area contributed by atoms with Crippen LogP contribution in [0.2, 0.25) is 0 Å². The van der Waals surface area contributed by atoms with Crippen LogP contribution in [0.15, 0.2) is 0 Å². The van der Waals surface area contributed by atoms with Crippen LogP contribution >= 0.6 is 11.8 Å². The number of amides is 2. The van der Waals surface area contributed by atoms with E-state index in [0.29, 0.717) is 26.2 Å². The topological polar surface area (TPSA) is 81.8 Å². The lowest BCUT2D eigenvalue weighted by atomic mass is 10.2. The summed E-state index contributed by atoms with van der Waals surface area (Å²) in [6.07, 6.45) is 0.943. The molecule has 7 nitrogen and oxygen atoms in total. The average molecular weight is 338 g/mol. The fraction of sp³-hybridized carbons (Fsp3) is 0.917. The molecule has 21 heavy (non-hydrogen) atoms. The van der Waals surface area contributed by atoms with E-state index < -0.39 is 10.2 Å². The van der Waals surface area contributed by atoms with Gasteiger partial charge in [0, 0.05) is 39.3 Å². The fourth-order valence-electron chi connectivity index (χ4n) is 2.04. The summed E-state index contributed by atoms with van der Waals surface area (Å²) in [6.45, 7) is 5.61. The number of carbonyl (C=O) groups is 1. The van der Waals surface area contributed by atoms with Gasteiger partial charge in [-0.15, -0.1) is 0 Å². The van der Waals surface area contributed by atoms with Crippen LogP contribution in [0.5, 0.6) is 0 Å². The Kier molecular flexibility index (Phi) is 7.78. The van der Waals surface area contributed by atoms with Gasteiger partial charge in [-0.2, -0.15) is 24.5 Å². The highest BCUT2D eigenvalue weighted by molar-refractivity contribution is 7.99. The monoisotopic (exact) mass is 338 g/mol. The Morgan fingerprint density at radius 1 is 1.29 bits per heavy atom. The van der Waals surface area contributed by atoms with Crippen LogP contribution in [0, 0.1) is 0 Å². The number of hydrogen-bond donors (Lipinski definition) is 2. The first-order valence-corrected chi connectivity index (χ1v) is 9.82. The van der Waals surface area contributed by atoms with Crippen molar-refractivity contribution in [2.75, 3.05) is 44.7 Å². The molecule has 9 heteroatoms. The van der Waals surface area contributed by atoms with Gasteiger partial charge in [0.25, 0.3) is 10.2 Å². The third kappa shape index (κ3) is 6.01. The van der Waals surface area contributed by atoms with Crippen molar-refractivity contribution in [1.29, 1.82) is 0 Å². The molecule has 0 aromatic heterocycles. The summed E-state index contributed by atoms with van der Waals surface area (Å²) in [5.74, 6) is 2.12. The predicted octanol–water partition coefficient (Wildman–Crippen LogP) is 0.310. The molecule has 0 saturated carbocycles. The lowest BCUT2D eigenvalue weighted by Gasteiger charge is -2.34. The first kappa shape index (κ1) is 18.5. The molecule has 1 aliphatic rings. The van der Waals surface area contributed by atoms with Gasteiger partial charge in [0.2, 0.25) is 0 Å². The van der Waals surface area contributed by atoms with Crippen LogP contribution in [0.1, 0.15) is 20.3 Å². The number of rotatable bonds is 7. The molecule has 2 N–H and O–H groups in total. The molecule has 1 heterocycles. The second-order valence-electron chi connectivity index (χ2n) is 4.93. The highest BCUT2D eigenvalue weighted by Gasteiger charge is 2.28. The molecule has 0 aromatic rings. The first-order valence-electron chi connectivity index (χ1n) is 7.22. The molecular weight excluding hydrogens is 312 g/mol. The Balaban J connectivity index is 2.35. The van der Waals surface area contributed by atoms with E-state index in [-0.39, 0.29) is 12.1 Å². The van der Waals surface area contributed by atoms with Gasteiger partial charge in [-0.1, -0.05) is 6.92 Å². The summed E-state index contributed by atoms with van der Waals surface area (Å²) >= 11 is 1.86. The summed E-state index contributed by atoms with van der Waals surface area (Å²) in [4.78, 5) is 13.8. The molecule has 0 aromatic carbocycles. The largest absolute Gasteiger partial charge is 0.336 e. The number of carbonyl (C=O) groups excluding carboxylic acids is 1. The Labute approximate surface area is 132 Å². The van der Waals surface area contributed by atoms with Crippen LogP contribution in [0.3, 0.4) is 0 Å². The maximum Gasteiger partial charge on any atom is 0.317 e. The summed E-state index contributed by atoms with van der Waals surface area (Å²) in [7, 11) is -1.99. The third-order valence-electron chi connectivity index (χ3n) is 3.39. The van der Waals surface area contributed by atoms with Crippen molar-refractivity contribution in [1.82, 2.24) is 19.2 Å². The van der Waals surface area contributed by atoms with Crippen LogP contribution in [0.4, 0.5) is 4.79 Å². The number of urea groups is 1. The smallest absolute Gasteiger partial charge is 0.317 e. The van der Waals surface area contributed by atoms with E-state index in [4.69, 9.17) is 0 Å².